The number of hydrogen-bond donors (Lipinski definition) is 2. The zero-order chi connectivity index (χ0) is 15.1. The average molecular weight is 330 g/mol. The second kappa shape index (κ2) is 5.17. The zero-order valence-electron chi connectivity index (χ0n) is 11.5. The predicted octanol–water partition coefficient (Wildman–Crippen LogP) is 0.973. The molecule has 2 aliphatic heterocycles. The van der Waals surface area contributed by atoms with Gasteiger partial charge in [0.15, 0.2) is 0 Å². The molecule has 0 aliphatic carbocycles. The molecule has 2 heterocycles. The fourth-order valence-electron chi connectivity index (χ4n) is 2.79. The number of benzene rings is 1. The molecule has 21 heavy (non-hydrogen) atoms. The highest BCUT2D eigenvalue weighted by molar-refractivity contribution is 7.94. The van der Waals surface area contributed by atoms with Gasteiger partial charge in [-0.3, -0.25) is 4.72 Å². The van der Waals surface area contributed by atoms with Crippen molar-refractivity contribution in [1.82, 2.24) is 0 Å². The van der Waals surface area contributed by atoms with Gasteiger partial charge in [0, 0.05) is 17.9 Å². The summed E-state index contributed by atoms with van der Waals surface area (Å²) in [7, 11) is -6.60. The van der Waals surface area contributed by atoms with Crippen LogP contribution in [0.3, 0.4) is 0 Å². The molecule has 8 heteroatoms. The Hall–Kier alpha value is -1.28. The minimum Gasteiger partial charge on any atom is -0.384 e. The van der Waals surface area contributed by atoms with Crippen molar-refractivity contribution in [3.8, 4) is 0 Å². The monoisotopic (exact) mass is 330 g/mol. The van der Waals surface area contributed by atoms with Gasteiger partial charge in [0.2, 0.25) is 10.0 Å². The molecule has 2 aliphatic rings. The summed E-state index contributed by atoms with van der Waals surface area (Å²) in [4.78, 5) is 0. The van der Waals surface area contributed by atoms with Gasteiger partial charge >= 0.3 is 0 Å². The van der Waals surface area contributed by atoms with E-state index in [1.54, 1.807) is 6.07 Å². The van der Waals surface area contributed by atoms with E-state index in [4.69, 9.17) is 0 Å². The summed E-state index contributed by atoms with van der Waals surface area (Å²) in [6.07, 6.45) is 1.22. The summed E-state index contributed by atoms with van der Waals surface area (Å²) in [5.41, 5.74) is 2.69. The van der Waals surface area contributed by atoms with Crippen molar-refractivity contribution in [2.45, 2.75) is 24.5 Å². The van der Waals surface area contributed by atoms with Gasteiger partial charge in [-0.25, -0.2) is 16.8 Å². The van der Waals surface area contributed by atoms with Crippen LogP contribution in [-0.4, -0.2) is 40.1 Å². The van der Waals surface area contributed by atoms with Crippen LogP contribution in [0.5, 0.6) is 0 Å². The summed E-state index contributed by atoms with van der Waals surface area (Å²) >= 11 is 0. The Bertz CT molecular complexity index is 742. The molecular formula is C13H18N2O4S2. The van der Waals surface area contributed by atoms with Crippen molar-refractivity contribution < 1.29 is 16.8 Å². The van der Waals surface area contributed by atoms with Gasteiger partial charge in [-0.1, -0.05) is 0 Å². The number of anilines is 2. The highest BCUT2D eigenvalue weighted by atomic mass is 32.2. The van der Waals surface area contributed by atoms with Gasteiger partial charge in [0.05, 0.1) is 16.8 Å². The van der Waals surface area contributed by atoms with E-state index < -0.39 is 25.1 Å². The Morgan fingerprint density at radius 2 is 1.90 bits per heavy atom. The molecule has 1 aromatic carbocycles. The lowest BCUT2D eigenvalue weighted by Crippen LogP contribution is -2.36. The third-order valence-electron chi connectivity index (χ3n) is 4.02. The Kier molecular flexibility index (Phi) is 3.61. The predicted molar refractivity (Wildman–Crippen MR) is 82.9 cm³/mol. The van der Waals surface area contributed by atoms with Crippen LogP contribution < -0.4 is 10.0 Å². The maximum Gasteiger partial charge on any atom is 0.235 e. The topological polar surface area (TPSA) is 92.3 Å². The van der Waals surface area contributed by atoms with Gasteiger partial charge in [0.1, 0.15) is 9.84 Å². The lowest BCUT2D eigenvalue weighted by molar-refractivity contribution is 0.555. The largest absolute Gasteiger partial charge is 0.384 e. The van der Waals surface area contributed by atoms with Gasteiger partial charge in [-0.15, -0.1) is 0 Å². The molecule has 0 saturated carbocycles. The standard InChI is InChI=1S/C13H18N2O4S2/c16-20(17)7-4-12(5-8-20)21(18,19)15-11-1-2-13-10(9-11)3-6-14-13/h1-2,9,12,14-15H,3-8H2. The number of nitrogens with one attached hydrogen (secondary N) is 2. The second-order valence-corrected chi connectivity index (χ2v) is 9.81. The molecule has 0 aromatic heterocycles. The molecule has 1 aromatic rings. The number of rotatable bonds is 3. The van der Waals surface area contributed by atoms with Crippen molar-refractivity contribution in [1.29, 1.82) is 0 Å². The SMILES string of the molecule is O=S1(=O)CCC(S(=O)(=O)Nc2ccc3c(c2)CCN3)CC1. The maximum atomic E-state index is 12.3. The zero-order valence-corrected chi connectivity index (χ0v) is 13.1. The third-order valence-corrected chi connectivity index (χ3v) is 7.60. The summed E-state index contributed by atoms with van der Waals surface area (Å²) in [5.74, 6) is -0.0978. The molecule has 0 unspecified atom stereocenters. The van der Waals surface area contributed by atoms with Gasteiger partial charge < -0.3 is 5.32 Å². The van der Waals surface area contributed by atoms with Crippen molar-refractivity contribution in [3.05, 3.63) is 23.8 Å². The normalized spacial score (nSPS) is 21.5. The fraction of sp³-hybridized carbons (Fsp3) is 0.538. The van der Waals surface area contributed by atoms with Crippen molar-refractivity contribution in [3.63, 3.8) is 0 Å². The lowest BCUT2D eigenvalue weighted by atomic mass is 10.1. The van der Waals surface area contributed by atoms with E-state index >= 15 is 0 Å². The fourth-order valence-corrected chi connectivity index (χ4v) is 6.06. The smallest absolute Gasteiger partial charge is 0.235 e. The molecule has 2 N–H and O–H groups in total. The molecule has 0 spiro atoms. The van der Waals surface area contributed by atoms with Crippen LogP contribution in [0.2, 0.25) is 0 Å². The second-order valence-electron chi connectivity index (χ2n) is 5.55. The van der Waals surface area contributed by atoms with Crippen LogP contribution in [0.4, 0.5) is 11.4 Å². The highest BCUT2D eigenvalue weighted by Crippen LogP contribution is 2.27. The van der Waals surface area contributed by atoms with E-state index in [-0.39, 0.29) is 24.3 Å². The van der Waals surface area contributed by atoms with E-state index in [1.165, 1.54) is 0 Å². The minimum absolute atomic E-state index is 0.0489. The number of sulfone groups is 1. The van der Waals surface area contributed by atoms with Gasteiger partial charge in [-0.2, -0.15) is 0 Å². The molecule has 6 nitrogen and oxygen atoms in total. The molecule has 0 atom stereocenters. The quantitative estimate of drug-likeness (QED) is 0.862. The molecular weight excluding hydrogens is 312 g/mol. The molecule has 0 amide bonds. The van der Waals surface area contributed by atoms with E-state index in [9.17, 15) is 16.8 Å². The number of fused-ring (bicyclic) bond motifs is 1. The molecule has 1 fully saturated rings. The number of hydrogen-bond acceptors (Lipinski definition) is 5. The first-order chi connectivity index (χ1) is 9.86. The molecule has 1 saturated heterocycles. The Morgan fingerprint density at radius 3 is 2.62 bits per heavy atom. The highest BCUT2D eigenvalue weighted by Gasteiger charge is 2.32. The van der Waals surface area contributed by atoms with Crippen molar-refractivity contribution in [2.24, 2.45) is 0 Å². The Morgan fingerprint density at radius 1 is 1.19 bits per heavy atom. The van der Waals surface area contributed by atoms with Crippen LogP contribution >= 0.6 is 0 Å². The molecule has 3 rings (SSSR count). The van der Waals surface area contributed by atoms with E-state index in [0.29, 0.717) is 5.69 Å². The van der Waals surface area contributed by atoms with E-state index in [0.717, 1.165) is 24.2 Å². The summed E-state index contributed by atoms with van der Waals surface area (Å²) in [6.45, 7) is 0.867. The first-order valence-corrected chi connectivity index (χ1v) is 10.3. The minimum atomic E-state index is -3.54. The summed E-state index contributed by atoms with van der Waals surface area (Å²) < 4.78 is 50.1. The van der Waals surface area contributed by atoms with Crippen LogP contribution in [-0.2, 0) is 26.3 Å². The van der Waals surface area contributed by atoms with Crippen molar-refractivity contribution >= 4 is 31.2 Å². The Balaban J connectivity index is 1.74. The molecule has 0 radical (unpaired) electrons. The summed E-state index contributed by atoms with van der Waals surface area (Å²) in [6, 6.07) is 5.44. The van der Waals surface area contributed by atoms with E-state index in [1.807, 2.05) is 12.1 Å². The van der Waals surface area contributed by atoms with Gasteiger partial charge in [0.25, 0.3) is 0 Å². The Labute approximate surface area is 124 Å². The first-order valence-electron chi connectivity index (χ1n) is 6.95. The van der Waals surface area contributed by atoms with Crippen LogP contribution in [0, 0.1) is 0 Å². The summed E-state index contributed by atoms with van der Waals surface area (Å²) in [5, 5.41) is 2.59. The van der Waals surface area contributed by atoms with Crippen LogP contribution in [0.15, 0.2) is 18.2 Å². The van der Waals surface area contributed by atoms with Crippen molar-refractivity contribution in [2.75, 3.05) is 28.1 Å². The third kappa shape index (κ3) is 3.16. The molecule has 0 bridgehead atoms. The van der Waals surface area contributed by atoms with Crippen LogP contribution in [0.1, 0.15) is 18.4 Å². The maximum absolute atomic E-state index is 12.3. The number of sulfonamides is 1. The average Bonchev–Trinajstić information content (AvgIpc) is 2.85. The van der Waals surface area contributed by atoms with Crippen LogP contribution in [0.25, 0.3) is 0 Å². The lowest BCUT2D eigenvalue weighted by Gasteiger charge is -2.22. The molecule has 116 valence electrons. The van der Waals surface area contributed by atoms with Gasteiger partial charge in [-0.05, 0) is 43.0 Å². The first kappa shape index (κ1) is 14.6. The van der Waals surface area contributed by atoms with E-state index in [2.05, 4.69) is 10.0 Å².